The molecule has 2 unspecified atom stereocenters. The molecule has 0 aromatic heterocycles. The first-order chi connectivity index (χ1) is 8.08. The standard InChI is InChI=1S/C14H20Cl2O/c1-3-12(15)8-10-6-5-7-11(14(10)17)9-13(16)4-2/h5-7,12-13,17H,3-4,8-9H2,1-2H3. The van der Waals surface area contributed by atoms with Crippen molar-refractivity contribution in [1.29, 1.82) is 0 Å². The molecule has 0 amide bonds. The molecule has 0 spiro atoms. The lowest BCUT2D eigenvalue weighted by Crippen LogP contribution is -2.05. The maximum Gasteiger partial charge on any atom is 0.122 e. The van der Waals surface area contributed by atoms with Crippen molar-refractivity contribution in [3.8, 4) is 5.75 Å². The van der Waals surface area contributed by atoms with Gasteiger partial charge in [-0.25, -0.2) is 0 Å². The quantitative estimate of drug-likeness (QED) is 0.757. The number of rotatable bonds is 6. The van der Waals surface area contributed by atoms with Crippen LogP contribution in [-0.4, -0.2) is 15.9 Å². The SMILES string of the molecule is CCC(Cl)Cc1cccc(CC(Cl)CC)c1O. The third kappa shape index (κ3) is 4.40. The van der Waals surface area contributed by atoms with E-state index in [0.29, 0.717) is 18.6 Å². The normalized spacial score (nSPS) is 14.6. The molecule has 1 rings (SSSR count). The summed E-state index contributed by atoms with van der Waals surface area (Å²) in [5.74, 6) is 0.366. The molecule has 3 heteroatoms. The van der Waals surface area contributed by atoms with E-state index in [4.69, 9.17) is 23.2 Å². The molecule has 0 saturated carbocycles. The van der Waals surface area contributed by atoms with Gasteiger partial charge in [0.05, 0.1) is 0 Å². The molecule has 1 nitrogen and oxygen atoms in total. The van der Waals surface area contributed by atoms with Crippen LogP contribution in [0, 0.1) is 0 Å². The van der Waals surface area contributed by atoms with Crippen LogP contribution in [0.3, 0.4) is 0 Å². The summed E-state index contributed by atoms with van der Waals surface area (Å²) < 4.78 is 0. The van der Waals surface area contributed by atoms with E-state index < -0.39 is 0 Å². The molecule has 0 fully saturated rings. The van der Waals surface area contributed by atoms with Crippen molar-refractivity contribution in [3.63, 3.8) is 0 Å². The minimum Gasteiger partial charge on any atom is -0.507 e. The number of para-hydroxylation sites is 1. The highest BCUT2D eigenvalue weighted by atomic mass is 35.5. The summed E-state index contributed by atoms with van der Waals surface area (Å²) in [6.45, 7) is 4.09. The lowest BCUT2D eigenvalue weighted by molar-refractivity contribution is 0.459. The molecule has 1 aromatic rings. The van der Waals surface area contributed by atoms with E-state index in [1.54, 1.807) is 0 Å². The zero-order valence-corrected chi connectivity index (χ0v) is 11.9. The minimum absolute atomic E-state index is 0.0779. The summed E-state index contributed by atoms with van der Waals surface area (Å²) in [5, 5.41) is 10.3. The van der Waals surface area contributed by atoms with Crippen molar-refractivity contribution in [2.45, 2.75) is 50.3 Å². The topological polar surface area (TPSA) is 20.2 Å². The van der Waals surface area contributed by atoms with Gasteiger partial charge in [-0.05, 0) is 36.8 Å². The molecule has 17 heavy (non-hydrogen) atoms. The number of hydrogen-bond acceptors (Lipinski definition) is 1. The molecule has 2 atom stereocenters. The Bertz CT molecular complexity index is 322. The highest BCUT2D eigenvalue weighted by molar-refractivity contribution is 6.21. The first-order valence-electron chi connectivity index (χ1n) is 6.16. The second-order valence-corrected chi connectivity index (χ2v) is 5.58. The van der Waals surface area contributed by atoms with Crippen molar-refractivity contribution >= 4 is 23.2 Å². The van der Waals surface area contributed by atoms with Gasteiger partial charge < -0.3 is 5.11 Å². The summed E-state index contributed by atoms with van der Waals surface area (Å²) >= 11 is 12.2. The number of hydrogen-bond donors (Lipinski definition) is 1. The first kappa shape index (κ1) is 14.7. The molecule has 96 valence electrons. The van der Waals surface area contributed by atoms with E-state index in [9.17, 15) is 5.11 Å². The zero-order chi connectivity index (χ0) is 12.8. The van der Waals surface area contributed by atoms with Crippen LogP contribution in [0.5, 0.6) is 5.75 Å². The summed E-state index contributed by atoms with van der Waals surface area (Å²) in [5.41, 5.74) is 1.84. The maximum atomic E-state index is 10.2. The van der Waals surface area contributed by atoms with Gasteiger partial charge in [-0.1, -0.05) is 32.0 Å². The highest BCUT2D eigenvalue weighted by Crippen LogP contribution is 2.27. The summed E-state index contributed by atoms with van der Waals surface area (Å²) in [6, 6.07) is 5.82. The fourth-order valence-electron chi connectivity index (χ4n) is 1.74. The molecule has 1 aromatic carbocycles. The number of aromatic hydroxyl groups is 1. The molecule has 0 radical (unpaired) electrons. The first-order valence-corrected chi connectivity index (χ1v) is 7.03. The molecule has 0 aliphatic carbocycles. The van der Waals surface area contributed by atoms with E-state index >= 15 is 0 Å². The average molecular weight is 275 g/mol. The number of halogens is 2. The van der Waals surface area contributed by atoms with Gasteiger partial charge in [0.15, 0.2) is 0 Å². The number of phenolic OH excluding ortho intramolecular Hbond substituents is 1. The fraction of sp³-hybridized carbons (Fsp3) is 0.571. The Morgan fingerprint density at radius 1 is 1.00 bits per heavy atom. The van der Waals surface area contributed by atoms with Crippen molar-refractivity contribution in [2.75, 3.05) is 0 Å². The van der Waals surface area contributed by atoms with E-state index in [2.05, 4.69) is 0 Å². The van der Waals surface area contributed by atoms with Gasteiger partial charge in [-0.3, -0.25) is 0 Å². The molecule has 0 saturated heterocycles. The Labute approximate surface area is 114 Å². The monoisotopic (exact) mass is 274 g/mol. The van der Waals surface area contributed by atoms with Crippen molar-refractivity contribution < 1.29 is 5.11 Å². The predicted octanol–water partition coefficient (Wildman–Crippen LogP) is 4.51. The summed E-state index contributed by atoms with van der Waals surface area (Å²) in [7, 11) is 0. The average Bonchev–Trinajstić information content (AvgIpc) is 2.33. The second-order valence-electron chi connectivity index (χ2n) is 4.34. The van der Waals surface area contributed by atoms with Crippen LogP contribution in [-0.2, 0) is 12.8 Å². The van der Waals surface area contributed by atoms with Gasteiger partial charge in [0, 0.05) is 10.8 Å². The second kappa shape index (κ2) is 7.13. The predicted molar refractivity (Wildman–Crippen MR) is 75.4 cm³/mol. The molecule has 0 bridgehead atoms. The summed E-state index contributed by atoms with van der Waals surface area (Å²) in [6.07, 6.45) is 3.21. The number of phenols is 1. The molecule has 0 heterocycles. The number of benzene rings is 1. The van der Waals surface area contributed by atoms with E-state index in [-0.39, 0.29) is 10.8 Å². The molecule has 0 aliphatic rings. The molecular weight excluding hydrogens is 255 g/mol. The van der Waals surface area contributed by atoms with Crippen LogP contribution in [0.25, 0.3) is 0 Å². The third-order valence-electron chi connectivity index (χ3n) is 2.97. The van der Waals surface area contributed by atoms with E-state index in [1.165, 1.54) is 0 Å². The molecular formula is C14H20Cl2O. The number of alkyl halides is 2. The Morgan fingerprint density at radius 2 is 1.41 bits per heavy atom. The van der Waals surface area contributed by atoms with Gasteiger partial charge in [-0.15, -0.1) is 23.2 Å². The van der Waals surface area contributed by atoms with Crippen molar-refractivity contribution in [1.82, 2.24) is 0 Å². The zero-order valence-electron chi connectivity index (χ0n) is 10.4. The molecule has 1 N–H and O–H groups in total. The van der Waals surface area contributed by atoms with Gasteiger partial charge in [0.1, 0.15) is 5.75 Å². The third-order valence-corrected chi connectivity index (χ3v) is 3.90. The highest BCUT2D eigenvalue weighted by Gasteiger charge is 2.13. The fourth-order valence-corrected chi connectivity index (χ4v) is 2.07. The molecule has 0 aliphatic heterocycles. The summed E-state index contributed by atoms with van der Waals surface area (Å²) in [4.78, 5) is 0. The Kier molecular flexibility index (Phi) is 6.15. The van der Waals surface area contributed by atoms with Crippen LogP contribution in [0.1, 0.15) is 37.8 Å². The Morgan fingerprint density at radius 3 is 1.76 bits per heavy atom. The van der Waals surface area contributed by atoms with Crippen LogP contribution in [0.4, 0.5) is 0 Å². The van der Waals surface area contributed by atoms with Gasteiger partial charge in [0.2, 0.25) is 0 Å². The lowest BCUT2D eigenvalue weighted by Gasteiger charge is -2.13. The van der Waals surface area contributed by atoms with Gasteiger partial charge in [0.25, 0.3) is 0 Å². The smallest absolute Gasteiger partial charge is 0.122 e. The minimum atomic E-state index is 0.0779. The van der Waals surface area contributed by atoms with Crippen LogP contribution in [0.15, 0.2) is 18.2 Å². The van der Waals surface area contributed by atoms with Crippen LogP contribution < -0.4 is 0 Å². The lowest BCUT2D eigenvalue weighted by atomic mass is 10.00. The Hall–Kier alpha value is -0.400. The van der Waals surface area contributed by atoms with Gasteiger partial charge in [-0.2, -0.15) is 0 Å². The van der Waals surface area contributed by atoms with Crippen LogP contribution >= 0.6 is 23.2 Å². The largest absolute Gasteiger partial charge is 0.507 e. The van der Waals surface area contributed by atoms with Crippen molar-refractivity contribution in [3.05, 3.63) is 29.3 Å². The van der Waals surface area contributed by atoms with Crippen molar-refractivity contribution in [2.24, 2.45) is 0 Å². The van der Waals surface area contributed by atoms with Crippen LogP contribution in [0.2, 0.25) is 0 Å². The maximum absolute atomic E-state index is 10.2. The van der Waals surface area contributed by atoms with E-state index in [1.807, 2.05) is 32.0 Å². The van der Waals surface area contributed by atoms with Gasteiger partial charge >= 0.3 is 0 Å². The Balaban J connectivity index is 2.83. The van der Waals surface area contributed by atoms with E-state index in [0.717, 1.165) is 24.0 Å².